The molecule has 146 valence electrons. The Balaban J connectivity index is 1.75. The minimum atomic E-state index is -0.487. The summed E-state index contributed by atoms with van der Waals surface area (Å²) in [5.74, 6) is 0.360. The van der Waals surface area contributed by atoms with Crippen molar-refractivity contribution < 1.29 is 9.53 Å². The molecule has 3 N–H and O–H groups in total. The van der Waals surface area contributed by atoms with Crippen molar-refractivity contribution in [2.75, 3.05) is 12.3 Å². The minimum Gasteiger partial charge on any atom is -0.384 e. The summed E-state index contributed by atoms with van der Waals surface area (Å²) in [6, 6.07) is 3.06. The lowest BCUT2D eigenvalue weighted by Crippen LogP contribution is -2.42. The molecule has 8 heteroatoms. The summed E-state index contributed by atoms with van der Waals surface area (Å²) in [5.41, 5.74) is 6.75. The average Bonchev–Trinajstić information content (AvgIpc) is 3.22. The lowest BCUT2D eigenvalue weighted by atomic mass is 9.86. The van der Waals surface area contributed by atoms with Crippen LogP contribution in [0.15, 0.2) is 24.5 Å². The molecule has 3 unspecified atom stereocenters. The van der Waals surface area contributed by atoms with Gasteiger partial charge in [0, 0.05) is 18.3 Å². The molecule has 3 heterocycles. The van der Waals surface area contributed by atoms with Gasteiger partial charge in [-0.05, 0) is 37.3 Å². The van der Waals surface area contributed by atoms with Crippen molar-refractivity contribution >= 4 is 11.7 Å². The zero-order chi connectivity index (χ0) is 19.6. The molecular weight excluding hydrogens is 344 g/mol. The first kappa shape index (κ1) is 19.3. The van der Waals surface area contributed by atoms with E-state index in [0.29, 0.717) is 18.1 Å². The number of nitrogens with two attached hydrogens (primary N) is 1. The molecule has 0 bridgehead atoms. The third kappa shape index (κ3) is 4.63. The van der Waals surface area contributed by atoms with Gasteiger partial charge in [0.25, 0.3) is 0 Å². The predicted octanol–water partition coefficient (Wildman–Crippen LogP) is 2.19. The molecule has 0 saturated carbocycles. The van der Waals surface area contributed by atoms with Crippen molar-refractivity contribution in [3.63, 3.8) is 0 Å². The van der Waals surface area contributed by atoms with E-state index in [0.717, 1.165) is 18.4 Å². The number of nitrogens with one attached hydrogen (secondary N) is 1. The van der Waals surface area contributed by atoms with E-state index < -0.39 is 6.04 Å². The molecule has 3 atom stereocenters. The van der Waals surface area contributed by atoms with Gasteiger partial charge in [-0.1, -0.05) is 26.0 Å². The molecule has 0 aromatic carbocycles. The average molecular weight is 372 g/mol. The smallest absolute Gasteiger partial charge is 0.245 e. The Bertz CT molecular complexity index is 780. The van der Waals surface area contributed by atoms with Gasteiger partial charge in [-0.3, -0.25) is 4.79 Å². The van der Waals surface area contributed by atoms with Crippen LogP contribution >= 0.6 is 0 Å². The molecule has 8 nitrogen and oxygen atoms in total. The number of carbonyl (C=O) groups excluding carboxylic acids is 1. The highest BCUT2D eigenvalue weighted by Crippen LogP contribution is 2.31. The number of carbonyl (C=O) groups is 1. The van der Waals surface area contributed by atoms with Crippen molar-refractivity contribution in [3.8, 4) is 11.3 Å². The van der Waals surface area contributed by atoms with Crippen LogP contribution in [0.25, 0.3) is 11.3 Å². The second-order valence-corrected chi connectivity index (χ2v) is 8.22. The monoisotopic (exact) mass is 372 g/mol. The van der Waals surface area contributed by atoms with Crippen LogP contribution in [-0.4, -0.2) is 44.6 Å². The minimum absolute atomic E-state index is 0.0803. The standard InChI is InChI=1S/C19H28N6O2/c1-12-5-7-14(27-12)10-22-18(26)17(19(2,3)4)25-11-15(23-24-25)13-6-8-16(20)21-9-13/h6,8-9,11-12,14,17H,5,7,10H2,1-4H3,(H2,20,21)(H,22,26). The second kappa shape index (κ2) is 7.64. The number of pyridine rings is 1. The van der Waals surface area contributed by atoms with E-state index in [2.05, 4.69) is 27.5 Å². The summed E-state index contributed by atoms with van der Waals surface area (Å²) in [5, 5.41) is 11.4. The van der Waals surface area contributed by atoms with E-state index in [-0.39, 0.29) is 23.5 Å². The third-order valence-corrected chi connectivity index (χ3v) is 4.75. The lowest BCUT2D eigenvalue weighted by Gasteiger charge is -2.29. The fourth-order valence-corrected chi connectivity index (χ4v) is 3.35. The summed E-state index contributed by atoms with van der Waals surface area (Å²) in [7, 11) is 0. The van der Waals surface area contributed by atoms with Crippen molar-refractivity contribution in [3.05, 3.63) is 24.5 Å². The number of anilines is 1. The van der Waals surface area contributed by atoms with Gasteiger partial charge in [-0.2, -0.15) is 0 Å². The van der Waals surface area contributed by atoms with Crippen LogP contribution in [0.3, 0.4) is 0 Å². The molecule has 1 fully saturated rings. The van der Waals surface area contributed by atoms with Crippen LogP contribution in [-0.2, 0) is 9.53 Å². The van der Waals surface area contributed by atoms with Gasteiger partial charge in [-0.15, -0.1) is 5.10 Å². The van der Waals surface area contributed by atoms with Gasteiger partial charge < -0.3 is 15.8 Å². The second-order valence-electron chi connectivity index (χ2n) is 8.22. The van der Waals surface area contributed by atoms with Gasteiger partial charge in [-0.25, -0.2) is 9.67 Å². The Morgan fingerprint density at radius 2 is 2.19 bits per heavy atom. The Hall–Kier alpha value is -2.48. The highest BCUT2D eigenvalue weighted by Gasteiger charge is 2.35. The third-order valence-electron chi connectivity index (χ3n) is 4.75. The van der Waals surface area contributed by atoms with E-state index in [9.17, 15) is 4.79 Å². The molecular formula is C19H28N6O2. The first-order chi connectivity index (χ1) is 12.7. The predicted molar refractivity (Wildman–Crippen MR) is 103 cm³/mol. The van der Waals surface area contributed by atoms with Crippen LogP contribution < -0.4 is 11.1 Å². The summed E-state index contributed by atoms with van der Waals surface area (Å²) in [4.78, 5) is 17.0. The number of hydrogen-bond donors (Lipinski definition) is 2. The number of amides is 1. The topological polar surface area (TPSA) is 108 Å². The van der Waals surface area contributed by atoms with Crippen LogP contribution in [0.4, 0.5) is 5.82 Å². The van der Waals surface area contributed by atoms with Gasteiger partial charge in [0.2, 0.25) is 5.91 Å². The van der Waals surface area contributed by atoms with Crippen LogP contribution in [0.5, 0.6) is 0 Å². The van der Waals surface area contributed by atoms with Gasteiger partial charge in [0.1, 0.15) is 17.6 Å². The highest BCUT2D eigenvalue weighted by molar-refractivity contribution is 5.81. The van der Waals surface area contributed by atoms with E-state index in [1.54, 1.807) is 23.1 Å². The van der Waals surface area contributed by atoms with E-state index in [1.807, 2.05) is 26.8 Å². The fraction of sp³-hybridized carbons (Fsp3) is 0.579. The molecule has 27 heavy (non-hydrogen) atoms. The zero-order valence-electron chi connectivity index (χ0n) is 16.3. The SMILES string of the molecule is CC1CCC(CNC(=O)C(n2cc(-c3ccc(N)nc3)nn2)C(C)(C)C)O1. The molecule has 1 aliphatic heterocycles. The molecule has 0 radical (unpaired) electrons. The summed E-state index contributed by atoms with van der Waals surface area (Å²) in [6.45, 7) is 8.61. The maximum absolute atomic E-state index is 12.9. The molecule has 1 amide bonds. The number of hydrogen-bond acceptors (Lipinski definition) is 6. The van der Waals surface area contributed by atoms with E-state index >= 15 is 0 Å². The summed E-state index contributed by atoms with van der Waals surface area (Å²) in [6.07, 6.45) is 5.77. The van der Waals surface area contributed by atoms with Gasteiger partial charge in [0.15, 0.2) is 0 Å². The van der Waals surface area contributed by atoms with Crippen LogP contribution in [0.1, 0.15) is 46.6 Å². The number of aromatic nitrogens is 4. The Labute approximate surface area is 159 Å². The van der Waals surface area contributed by atoms with Gasteiger partial charge in [0.05, 0.1) is 18.4 Å². The molecule has 2 aromatic heterocycles. The number of rotatable bonds is 5. The summed E-state index contributed by atoms with van der Waals surface area (Å²) < 4.78 is 7.41. The highest BCUT2D eigenvalue weighted by atomic mass is 16.5. The van der Waals surface area contributed by atoms with Crippen LogP contribution in [0.2, 0.25) is 0 Å². The number of nitrogen functional groups attached to an aromatic ring is 1. The summed E-state index contributed by atoms with van der Waals surface area (Å²) >= 11 is 0. The zero-order valence-corrected chi connectivity index (χ0v) is 16.3. The quantitative estimate of drug-likeness (QED) is 0.833. The molecule has 3 rings (SSSR count). The Morgan fingerprint density at radius 1 is 1.41 bits per heavy atom. The maximum Gasteiger partial charge on any atom is 0.245 e. The normalized spacial score (nSPS) is 21.2. The van der Waals surface area contributed by atoms with E-state index in [1.165, 1.54) is 0 Å². The van der Waals surface area contributed by atoms with Gasteiger partial charge >= 0.3 is 0 Å². The van der Waals surface area contributed by atoms with Crippen molar-refractivity contribution in [2.45, 2.75) is 58.8 Å². The number of ether oxygens (including phenoxy) is 1. The molecule has 2 aromatic rings. The first-order valence-electron chi connectivity index (χ1n) is 9.31. The Morgan fingerprint density at radius 3 is 2.78 bits per heavy atom. The van der Waals surface area contributed by atoms with E-state index in [4.69, 9.17) is 10.5 Å². The van der Waals surface area contributed by atoms with Crippen LogP contribution in [0, 0.1) is 5.41 Å². The maximum atomic E-state index is 12.9. The van der Waals surface area contributed by atoms with Crippen molar-refractivity contribution in [2.24, 2.45) is 5.41 Å². The van der Waals surface area contributed by atoms with Crippen molar-refractivity contribution in [1.82, 2.24) is 25.3 Å². The largest absolute Gasteiger partial charge is 0.384 e. The molecule has 1 aliphatic rings. The Kier molecular flexibility index (Phi) is 5.46. The first-order valence-corrected chi connectivity index (χ1v) is 9.31. The lowest BCUT2D eigenvalue weighted by molar-refractivity contribution is -0.128. The molecule has 0 aliphatic carbocycles. The number of nitrogens with zero attached hydrogens (tertiary/aromatic N) is 4. The molecule has 1 saturated heterocycles. The molecule has 0 spiro atoms. The van der Waals surface area contributed by atoms with Crippen molar-refractivity contribution in [1.29, 1.82) is 0 Å². The fourth-order valence-electron chi connectivity index (χ4n) is 3.35.